The molecular formula is C36H32BBrN2O2. The summed E-state index contributed by atoms with van der Waals surface area (Å²) >= 11 is 3.25. The highest BCUT2D eigenvalue weighted by molar-refractivity contribution is 9.10. The second-order valence-corrected chi connectivity index (χ2v) is 10.4. The monoisotopic (exact) mass is 614 g/mol. The van der Waals surface area contributed by atoms with Crippen molar-refractivity contribution in [3.8, 4) is 33.5 Å². The number of hydrogen-bond acceptors (Lipinski definition) is 4. The van der Waals surface area contributed by atoms with Gasteiger partial charge in [0.15, 0.2) is 0 Å². The number of pyridine rings is 2. The molecule has 0 atom stereocenters. The molecule has 2 heterocycles. The van der Waals surface area contributed by atoms with Crippen molar-refractivity contribution in [2.75, 3.05) is 0 Å². The van der Waals surface area contributed by atoms with Gasteiger partial charge in [-0.05, 0) is 87.8 Å². The van der Waals surface area contributed by atoms with Crippen molar-refractivity contribution < 1.29 is 10.0 Å². The van der Waals surface area contributed by atoms with Crippen LogP contribution in [0.1, 0.15) is 11.4 Å². The molecule has 4 aromatic carbocycles. The van der Waals surface area contributed by atoms with Crippen LogP contribution in [0.4, 0.5) is 0 Å². The Labute approximate surface area is 256 Å². The molecule has 208 valence electrons. The molecule has 0 fully saturated rings. The molecule has 42 heavy (non-hydrogen) atoms. The average molecular weight is 615 g/mol. The maximum atomic E-state index is 9.05. The van der Waals surface area contributed by atoms with E-state index in [0.29, 0.717) is 5.46 Å². The molecule has 0 saturated carbocycles. The number of rotatable bonds is 4. The summed E-state index contributed by atoms with van der Waals surface area (Å²) in [5.74, 6) is 0. The second kappa shape index (κ2) is 15.6. The van der Waals surface area contributed by atoms with Gasteiger partial charge in [-0.3, -0.25) is 4.98 Å². The van der Waals surface area contributed by atoms with Gasteiger partial charge in [0.05, 0.1) is 5.69 Å². The Hall–Kier alpha value is -4.36. The largest absolute Gasteiger partial charge is 0.488 e. The number of benzene rings is 4. The van der Waals surface area contributed by atoms with Gasteiger partial charge in [-0.2, -0.15) is 0 Å². The first-order valence-corrected chi connectivity index (χ1v) is 14.4. The van der Waals surface area contributed by atoms with Crippen LogP contribution >= 0.6 is 15.9 Å². The van der Waals surface area contributed by atoms with E-state index >= 15 is 0 Å². The molecule has 0 spiro atoms. The van der Waals surface area contributed by atoms with Crippen LogP contribution in [0, 0.1) is 13.8 Å². The molecule has 0 radical (unpaired) electrons. The summed E-state index contributed by atoms with van der Waals surface area (Å²) in [6.45, 7) is 3.98. The highest BCUT2D eigenvalue weighted by Crippen LogP contribution is 2.25. The highest BCUT2D eigenvalue weighted by atomic mass is 79.9. The first-order chi connectivity index (χ1) is 20.4. The van der Waals surface area contributed by atoms with Gasteiger partial charge in [-0.25, -0.2) is 4.98 Å². The van der Waals surface area contributed by atoms with E-state index in [0.717, 1.165) is 38.4 Å². The van der Waals surface area contributed by atoms with Crippen LogP contribution in [0.5, 0.6) is 0 Å². The zero-order valence-corrected chi connectivity index (χ0v) is 25.2. The van der Waals surface area contributed by atoms with Crippen molar-refractivity contribution in [2.24, 2.45) is 0 Å². The molecular weight excluding hydrogens is 583 g/mol. The Bertz CT molecular complexity index is 1680. The fourth-order valence-electron chi connectivity index (χ4n) is 4.21. The number of nitrogens with zero attached hydrogens (tertiary/aromatic N) is 2. The minimum atomic E-state index is -1.41. The minimum Gasteiger partial charge on any atom is -0.423 e. The average Bonchev–Trinajstić information content (AvgIpc) is 3.03. The zero-order valence-electron chi connectivity index (χ0n) is 23.6. The third-order valence-electron chi connectivity index (χ3n) is 6.30. The van der Waals surface area contributed by atoms with Crippen LogP contribution in [0.15, 0.2) is 150 Å². The van der Waals surface area contributed by atoms with Crippen LogP contribution in [-0.2, 0) is 0 Å². The lowest BCUT2D eigenvalue weighted by Crippen LogP contribution is -2.29. The third kappa shape index (κ3) is 9.35. The lowest BCUT2D eigenvalue weighted by atomic mass is 9.79. The molecule has 2 N–H and O–H groups in total. The van der Waals surface area contributed by atoms with Gasteiger partial charge in [-0.1, -0.05) is 115 Å². The molecule has 6 rings (SSSR count). The summed E-state index contributed by atoms with van der Waals surface area (Å²) in [6.07, 6.45) is 0. The Morgan fingerprint density at radius 2 is 0.952 bits per heavy atom. The van der Waals surface area contributed by atoms with Crippen molar-refractivity contribution in [3.05, 3.63) is 162 Å². The van der Waals surface area contributed by atoms with Crippen molar-refractivity contribution >= 4 is 28.5 Å². The SMILES string of the molecule is Cc1cccc(-c2cccc(-c3ccccc3)c2)n1.Cc1cccc(Br)n1.OB(O)c1cccc(-c2ccccc2)c1. The fraction of sp³-hybridized carbons (Fsp3) is 0.0556. The number of hydrogen-bond donors (Lipinski definition) is 2. The topological polar surface area (TPSA) is 66.2 Å². The molecule has 0 bridgehead atoms. The van der Waals surface area contributed by atoms with E-state index in [1.54, 1.807) is 12.1 Å². The number of halogens is 1. The summed E-state index contributed by atoms with van der Waals surface area (Å²) in [7, 11) is -1.41. The third-order valence-corrected chi connectivity index (χ3v) is 6.74. The van der Waals surface area contributed by atoms with E-state index in [1.807, 2.05) is 92.7 Å². The first-order valence-electron chi connectivity index (χ1n) is 13.6. The molecule has 6 heteroatoms. The van der Waals surface area contributed by atoms with Gasteiger partial charge in [0.25, 0.3) is 0 Å². The van der Waals surface area contributed by atoms with Crippen LogP contribution in [0.3, 0.4) is 0 Å². The van der Waals surface area contributed by atoms with Gasteiger partial charge < -0.3 is 10.0 Å². The van der Waals surface area contributed by atoms with Gasteiger partial charge >= 0.3 is 7.12 Å². The van der Waals surface area contributed by atoms with E-state index in [1.165, 1.54) is 11.1 Å². The van der Waals surface area contributed by atoms with Gasteiger partial charge in [-0.15, -0.1) is 0 Å². The Balaban J connectivity index is 0.000000157. The predicted octanol–water partition coefficient (Wildman–Crippen LogP) is 7.91. The summed E-state index contributed by atoms with van der Waals surface area (Å²) in [6, 6.07) is 48.0. The molecule has 4 nitrogen and oxygen atoms in total. The Morgan fingerprint density at radius 1 is 0.476 bits per heavy atom. The van der Waals surface area contributed by atoms with Crippen molar-refractivity contribution in [2.45, 2.75) is 13.8 Å². The minimum absolute atomic E-state index is 0.511. The molecule has 0 aliphatic heterocycles. The van der Waals surface area contributed by atoms with E-state index in [2.05, 4.69) is 80.5 Å². The van der Waals surface area contributed by atoms with Crippen LogP contribution in [0.25, 0.3) is 33.5 Å². The number of aryl methyl sites for hydroxylation is 2. The molecule has 6 aromatic rings. The molecule has 0 saturated heterocycles. The molecule has 0 aliphatic rings. The standard InChI is InChI=1S/C18H15N.C12H11BO2.C6H6BrN/c1-14-7-5-12-18(19-14)17-11-6-10-16(13-17)15-8-3-2-4-9-15;14-13(15)12-8-4-7-11(9-12)10-5-2-1-3-6-10;1-5-3-2-4-6(7)8-5/h2-13H,1H3;1-9,14-15H;2-4H,1H3. The van der Waals surface area contributed by atoms with E-state index in [9.17, 15) is 0 Å². The predicted molar refractivity (Wildman–Crippen MR) is 178 cm³/mol. The second-order valence-electron chi connectivity index (χ2n) is 9.58. The summed E-state index contributed by atoms with van der Waals surface area (Å²) in [4.78, 5) is 8.67. The summed E-state index contributed by atoms with van der Waals surface area (Å²) in [5, 5.41) is 18.1. The molecule has 0 aliphatic carbocycles. The van der Waals surface area contributed by atoms with Crippen LogP contribution in [0.2, 0.25) is 0 Å². The lowest BCUT2D eigenvalue weighted by Gasteiger charge is -2.06. The van der Waals surface area contributed by atoms with Crippen molar-refractivity contribution in [1.82, 2.24) is 9.97 Å². The molecule has 0 amide bonds. The number of aromatic nitrogens is 2. The quantitative estimate of drug-likeness (QED) is 0.156. The van der Waals surface area contributed by atoms with Gasteiger partial charge in [0.2, 0.25) is 0 Å². The molecule has 2 aromatic heterocycles. The van der Waals surface area contributed by atoms with Crippen molar-refractivity contribution in [1.29, 1.82) is 0 Å². The normalized spacial score (nSPS) is 10.0. The van der Waals surface area contributed by atoms with Crippen LogP contribution in [-0.4, -0.2) is 27.1 Å². The lowest BCUT2D eigenvalue weighted by molar-refractivity contribution is 0.426. The summed E-state index contributed by atoms with van der Waals surface area (Å²) in [5.41, 5.74) is 9.29. The van der Waals surface area contributed by atoms with Crippen LogP contribution < -0.4 is 5.46 Å². The van der Waals surface area contributed by atoms with E-state index in [-0.39, 0.29) is 0 Å². The highest BCUT2D eigenvalue weighted by Gasteiger charge is 2.10. The zero-order chi connectivity index (χ0) is 29.7. The van der Waals surface area contributed by atoms with Gasteiger partial charge in [0, 0.05) is 17.0 Å². The van der Waals surface area contributed by atoms with E-state index < -0.39 is 7.12 Å². The Kier molecular flexibility index (Phi) is 11.4. The maximum absolute atomic E-state index is 9.05. The smallest absolute Gasteiger partial charge is 0.423 e. The molecule has 0 unspecified atom stereocenters. The van der Waals surface area contributed by atoms with E-state index in [4.69, 9.17) is 10.0 Å². The van der Waals surface area contributed by atoms with Gasteiger partial charge in [0.1, 0.15) is 4.60 Å². The van der Waals surface area contributed by atoms with Crippen molar-refractivity contribution in [3.63, 3.8) is 0 Å². The first kappa shape index (κ1) is 30.6. The summed E-state index contributed by atoms with van der Waals surface area (Å²) < 4.78 is 0.900. The maximum Gasteiger partial charge on any atom is 0.488 e. The fourth-order valence-corrected chi connectivity index (χ4v) is 4.64. The Morgan fingerprint density at radius 3 is 1.48 bits per heavy atom.